The van der Waals surface area contributed by atoms with Crippen molar-refractivity contribution in [3.8, 4) is 5.75 Å². The van der Waals surface area contributed by atoms with Crippen LogP contribution in [-0.2, 0) is 20.8 Å². The number of carboxylic acids is 1. The van der Waals surface area contributed by atoms with Crippen molar-refractivity contribution in [1.82, 2.24) is 5.32 Å². The van der Waals surface area contributed by atoms with E-state index in [0.29, 0.717) is 17.0 Å². The van der Waals surface area contributed by atoms with E-state index in [1.165, 1.54) is 17.9 Å². The van der Waals surface area contributed by atoms with E-state index >= 15 is 0 Å². The van der Waals surface area contributed by atoms with Crippen LogP contribution < -0.4 is 15.0 Å². The lowest BCUT2D eigenvalue weighted by atomic mass is 10.1. The van der Waals surface area contributed by atoms with Gasteiger partial charge in [-0.15, -0.1) is 0 Å². The lowest BCUT2D eigenvalue weighted by molar-refractivity contribution is -0.144. The van der Waals surface area contributed by atoms with Gasteiger partial charge in [-0.25, -0.2) is 4.79 Å². The van der Waals surface area contributed by atoms with E-state index in [1.54, 1.807) is 36.4 Å². The van der Waals surface area contributed by atoms with Crippen LogP contribution in [0.2, 0.25) is 0 Å². The Balaban J connectivity index is 1.85. The molecule has 1 aliphatic rings. The van der Waals surface area contributed by atoms with Crippen LogP contribution in [0.3, 0.4) is 0 Å². The number of rotatable bonds is 6. The van der Waals surface area contributed by atoms with Crippen LogP contribution in [-0.4, -0.2) is 34.1 Å². The third-order valence-corrected chi connectivity index (χ3v) is 4.84. The second-order valence-electron chi connectivity index (χ2n) is 6.65. The van der Waals surface area contributed by atoms with Gasteiger partial charge in [-0.1, -0.05) is 31.2 Å². The summed E-state index contributed by atoms with van der Waals surface area (Å²) in [5.41, 5.74) is 2.21. The maximum absolute atomic E-state index is 13.0. The quantitative estimate of drug-likeness (QED) is 0.421. The number of nitrogens with one attached hydrogen (secondary N) is 1. The van der Waals surface area contributed by atoms with Gasteiger partial charge in [0.2, 0.25) is 0 Å². The molecule has 0 saturated carbocycles. The van der Waals surface area contributed by atoms with Gasteiger partial charge < -0.3 is 9.84 Å². The molecule has 2 aromatic rings. The molecule has 0 aromatic heterocycles. The number of nitrogens with zero attached hydrogens (tertiary/aromatic N) is 1. The minimum Gasteiger partial charge on any atom is -0.479 e. The maximum atomic E-state index is 13.0. The van der Waals surface area contributed by atoms with Gasteiger partial charge in [0.25, 0.3) is 11.8 Å². The topological polar surface area (TPSA) is 95.9 Å². The molecule has 1 atom stereocenters. The largest absolute Gasteiger partial charge is 0.479 e. The van der Waals surface area contributed by atoms with Crippen LogP contribution in [0.1, 0.15) is 25.0 Å². The Hall–Kier alpha value is -3.52. The Morgan fingerprint density at radius 1 is 1.17 bits per heavy atom. The highest BCUT2D eigenvalue weighted by atomic mass is 32.1. The van der Waals surface area contributed by atoms with Gasteiger partial charge in [-0.05, 0) is 67.0 Å². The summed E-state index contributed by atoms with van der Waals surface area (Å²) in [5.74, 6) is -1.81. The molecule has 0 spiro atoms. The Labute approximate surface area is 179 Å². The van der Waals surface area contributed by atoms with Gasteiger partial charge in [0.15, 0.2) is 11.2 Å². The smallest absolute Gasteiger partial charge is 0.344 e. The second kappa shape index (κ2) is 8.87. The standard InChI is InChI=1S/C22H20N2O5S/c1-3-14-4-8-16(9-5-14)24-20(26)18(19(25)23-22(24)30)12-15-6-10-17(11-7-15)29-13(2)21(27)28/h4-13H,3H2,1-2H3,(H,27,28)(H,23,25,30)/b18-12-/t13-/m1/s1. The van der Waals surface area contributed by atoms with Gasteiger partial charge in [-0.3, -0.25) is 19.8 Å². The normalized spacial score (nSPS) is 16.4. The molecule has 2 N–H and O–H groups in total. The SMILES string of the molecule is CCc1ccc(N2C(=O)/C(=C\c3ccc(O[C@H](C)C(=O)O)cc3)C(=O)NC2=S)cc1. The van der Waals surface area contributed by atoms with Gasteiger partial charge in [0, 0.05) is 0 Å². The molecule has 0 aliphatic carbocycles. The number of hydrogen-bond acceptors (Lipinski definition) is 5. The van der Waals surface area contributed by atoms with Crippen molar-refractivity contribution < 1.29 is 24.2 Å². The minimum absolute atomic E-state index is 0.0257. The molecule has 1 heterocycles. The number of hydrogen-bond donors (Lipinski definition) is 2. The number of anilines is 1. The minimum atomic E-state index is -1.08. The van der Waals surface area contributed by atoms with Crippen LogP contribution in [0, 0.1) is 0 Å². The number of thiocarbonyl (C=S) groups is 1. The second-order valence-corrected chi connectivity index (χ2v) is 7.03. The number of aliphatic carboxylic acids is 1. The Morgan fingerprint density at radius 2 is 1.80 bits per heavy atom. The molecular weight excluding hydrogens is 404 g/mol. The first kappa shape index (κ1) is 21.2. The van der Waals surface area contributed by atoms with Gasteiger partial charge in [-0.2, -0.15) is 0 Å². The van der Waals surface area contributed by atoms with E-state index in [1.807, 2.05) is 19.1 Å². The summed E-state index contributed by atoms with van der Waals surface area (Å²) in [4.78, 5) is 37.6. The van der Waals surface area contributed by atoms with E-state index in [-0.39, 0.29) is 10.7 Å². The molecule has 1 fully saturated rings. The Kier molecular flexibility index (Phi) is 6.27. The summed E-state index contributed by atoms with van der Waals surface area (Å²) in [6.45, 7) is 3.46. The van der Waals surface area contributed by atoms with E-state index in [2.05, 4.69) is 5.32 Å². The van der Waals surface area contributed by atoms with Crippen LogP contribution >= 0.6 is 12.2 Å². The summed E-state index contributed by atoms with van der Waals surface area (Å²) < 4.78 is 5.28. The number of aryl methyl sites for hydroxylation is 1. The predicted molar refractivity (Wildman–Crippen MR) is 116 cm³/mol. The summed E-state index contributed by atoms with van der Waals surface area (Å²) in [7, 11) is 0. The van der Waals surface area contributed by atoms with Crippen LogP contribution in [0.25, 0.3) is 6.08 Å². The summed E-state index contributed by atoms with van der Waals surface area (Å²) >= 11 is 5.20. The third kappa shape index (κ3) is 4.55. The Morgan fingerprint density at radius 3 is 2.37 bits per heavy atom. The van der Waals surface area contributed by atoms with Crippen molar-refractivity contribution >= 4 is 46.9 Å². The number of carboxylic acid groups (broad SMARTS) is 1. The molecule has 8 heteroatoms. The first-order valence-electron chi connectivity index (χ1n) is 9.30. The average Bonchev–Trinajstić information content (AvgIpc) is 2.72. The first-order chi connectivity index (χ1) is 14.3. The fourth-order valence-electron chi connectivity index (χ4n) is 2.84. The molecule has 1 saturated heterocycles. The van der Waals surface area contributed by atoms with Crippen molar-refractivity contribution in [1.29, 1.82) is 0 Å². The Bertz CT molecular complexity index is 1030. The van der Waals surface area contributed by atoms with Crippen molar-refractivity contribution in [3.05, 3.63) is 65.2 Å². The van der Waals surface area contributed by atoms with Crippen LogP contribution in [0.5, 0.6) is 5.75 Å². The highest BCUT2D eigenvalue weighted by Crippen LogP contribution is 2.23. The maximum Gasteiger partial charge on any atom is 0.344 e. The monoisotopic (exact) mass is 424 g/mol. The summed E-state index contributed by atoms with van der Waals surface area (Å²) in [6.07, 6.45) is 1.33. The fraction of sp³-hybridized carbons (Fsp3) is 0.182. The van der Waals surface area contributed by atoms with E-state index in [4.69, 9.17) is 22.1 Å². The summed E-state index contributed by atoms with van der Waals surface area (Å²) in [5, 5.41) is 11.5. The lowest BCUT2D eigenvalue weighted by Crippen LogP contribution is -2.54. The molecule has 0 radical (unpaired) electrons. The highest BCUT2D eigenvalue weighted by molar-refractivity contribution is 7.80. The van der Waals surface area contributed by atoms with Crippen molar-refractivity contribution in [2.75, 3.05) is 4.90 Å². The van der Waals surface area contributed by atoms with Crippen molar-refractivity contribution in [2.45, 2.75) is 26.4 Å². The van der Waals surface area contributed by atoms with Gasteiger partial charge in [0.1, 0.15) is 11.3 Å². The fourth-order valence-corrected chi connectivity index (χ4v) is 3.12. The zero-order valence-electron chi connectivity index (χ0n) is 16.4. The first-order valence-corrected chi connectivity index (χ1v) is 9.71. The van der Waals surface area contributed by atoms with Crippen LogP contribution in [0.15, 0.2) is 54.1 Å². The number of amides is 2. The zero-order valence-corrected chi connectivity index (χ0v) is 17.2. The molecule has 2 aromatic carbocycles. The number of benzene rings is 2. The molecule has 154 valence electrons. The predicted octanol–water partition coefficient (Wildman–Crippen LogP) is 2.93. The molecule has 1 aliphatic heterocycles. The van der Waals surface area contributed by atoms with Gasteiger partial charge in [0.05, 0.1) is 5.69 Å². The lowest BCUT2D eigenvalue weighted by Gasteiger charge is -2.29. The molecule has 0 unspecified atom stereocenters. The van der Waals surface area contributed by atoms with E-state index < -0.39 is 23.9 Å². The van der Waals surface area contributed by atoms with Gasteiger partial charge >= 0.3 is 5.97 Å². The molecule has 7 nitrogen and oxygen atoms in total. The summed E-state index contributed by atoms with van der Waals surface area (Å²) in [6, 6.07) is 13.8. The van der Waals surface area contributed by atoms with Crippen molar-refractivity contribution in [2.24, 2.45) is 0 Å². The third-order valence-electron chi connectivity index (χ3n) is 4.56. The van der Waals surface area contributed by atoms with Crippen LogP contribution in [0.4, 0.5) is 5.69 Å². The number of ether oxygens (including phenoxy) is 1. The number of carbonyl (C=O) groups is 3. The molecule has 3 rings (SSSR count). The highest BCUT2D eigenvalue weighted by Gasteiger charge is 2.34. The van der Waals surface area contributed by atoms with E-state index in [9.17, 15) is 14.4 Å². The van der Waals surface area contributed by atoms with E-state index in [0.717, 1.165) is 12.0 Å². The zero-order chi connectivity index (χ0) is 21.8. The van der Waals surface area contributed by atoms with Crippen molar-refractivity contribution in [3.63, 3.8) is 0 Å². The number of carbonyl (C=O) groups excluding carboxylic acids is 2. The molecule has 0 bridgehead atoms. The molecule has 30 heavy (non-hydrogen) atoms. The average molecular weight is 424 g/mol. The molecular formula is C22H20N2O5S. The molecule has 2 amide bonds.